The lowest BCUT2D eigenvalue weighted by Gasteiger charge is -2.12. The van der Waals surface area contributed by atoms with Gasteiger partial charge in [0.05, 0.1) is 17.3 Å². The largest absolute Gasteiger partial charge is 0.416 e. The van der Waals surface area contributed by atoms with Crippen LogP contribution in [0.5, 0.6) is 0 Å². The number of amides is 1. The predicted octanol–water partition coefficient (Wildman–Crippen LogP) is 4.11. The van der Waals surface area contributed by atoms with Crippen molar-refractivity contribution in [2.45, 2.75) is 0 Å². The lowest BCUT2D eigenvalue weighted by molar-refractivity contribution is 0.0994. The molecule has 0 aliphatic heterocycles. The van der Waals surface area contributed by atoms with Crippen LogP contribution in [-0.2, 0) is 0 Å². The van der Waals surface area contributed by atoms with E-state index in [4.69, 9.17) is 4.42 Å². The zero-order valence-corrected chi connectivity index (χ0v) is 13.7. The minimum absolute atomic E-state index is 0.0243. The van der Waals surface area contributed by atoms with Crippen LogP contribution < -0.4 is 10.9 Å². The van der Waals surface area contributed by atoms with E-state index in [9.17, 15) is 9.59 Å². The fourth-order valence-electron chi connectivity index (χ4n) is 2.88. The average molecular weight is 342 g/mol. The molecule has 1 amide bonds. The van der Waals surface area contributed by atoms with E-state index in [0.29, 0.717) is 22.0 Å². The van der Waals surface area contributed by atoms with E-state index in [1.807, 2.05) is 42.5 Å². The van der Waals surface area contributed by atoms with Crippen molar-refractivity contribution in [3.8, 4) is 11.1 Å². The van der Waals surface area contributed by atoms with E-state index in [-0.39, 0.29) is 5.76 Å². The number of hydrogen-bond donors (Lipinski definition) is 1. The van der Waals surface area contributed by atoms with Gasteiger partial charge in [-0.25, -0.2) is 4.79 Å². The number of pyridine rings is 1. The first-order chi connectivity index (χ1) is 12.7. The highest BCUT2D eigenvalue weighted by Gasteiger charge is 2.21. The molecule has 0 saturated heterocycles. The Labute approximate surface area is 148 Å². The highest BCUT2D eigenvalue weighted by atomic mass is 16.4. The summed E-state index contributed by atoms with van der Waals surface area (Å²) < 4.78 is 5.42. The maximum absolute atomic E-state index is 12.8. The minimum Gasteiger partial charge on any atom is -0.416 e. The molecule has 0 unspecified atom stereocenters. The molecule has 126 valence electrons. The molecule has 4 rings (SSSR count). The molecule has 5 nitrogen and oxygen atoms in total. The Kier molecular flexibility index (Phi) is 4.03. The number of anilines is 1. The van der Waals surface area contributed by atoms with Gasteiger partial charge in [-0.3, -0.25) is 9.78 Å². The van der Waals surface area contributed by atoms with Crippen LogP contribution in [0.2, 0.25) is 0 Å². The molecule has 0 fully saturated rings. The van der Waals surface area contributed by atoms with Gasteiger partial charge < -0.3 is 9.73 Å². The zero-order chi connectivity index (χ0) is 17.9. The van der Waals surface area contributed by atoms with Crippen LogP contribution in [0.25, 0.3) is 21.9 Å². The number of aromatic nitrogens is 1. The third-order valence-corrected chi connectivity index (χ3v) is 4.03. The summed E-state index contributed by atoms with van der Waals surface area (Å²) in [7, 11) is 0. The summed E-state index contributed by atoms with van der Waals surface area (Å²) in [6.45, 7) is 0. The molecule has 26 heavy (non-hydrogen) atoms. The van der Waals surface area contributed by atoms with E-state index in [0.717, 1.165) is 5.56 Å². The summed E-state index contributed by atoms with van der Waals surface area (Å²) in [4.78, 5) is 29.2. The third-order valence-electron chi connectivity index (χ3n) is 4.03. The Bertz CT molecular complexity index is 1140. The standard InChI is InChI=1S/C21H14N2O3/c24-20(23-15-9-6-12-22-13-15)19-18(14-7-2-1-3-8-14)16-10-4-5-11-17(16)21(25)26-19/h1-13H,(H,23,24). The maximum Gasteiger partial charge on any atom is 0.344 e. The third kappa shape index (κ3) is 2.86. The van der Waals surface area contributed by atoms with Crippen LogP contribution in [0, 0.1) is 0 Å². The van der Waals surface area contributed by atoms with Crippen LogP contribution in [0.1, 0.15) is 10.6 Å². The number of benzene rings is 2. The van der Waals surface area contributed by atoms with Crippen LogP contribution in [-0.4, -0.2) is 10.9 Å². The van der Waals surface area contributed by atoms with Crippen molar-refractivity contribution in [1.29, 1.82) is 0 Å². The fraction of sp³-hybridized carbons (Fsp3) is 0. The fourth-order valence-corrected chi connectivity index (χ4v) is 2.88. The Morgan fingerprint density at radius 1 is 0.885 bits per heavy atom. The zero-order valence-electron chi connectivity index (χ0n) is 13.7. The van der Waals surface area contributed by atoms with Crippen molar-refractivity contribution < 1.29 is 9.21 Å². The maximum atomic E-state index is 12.8. The van der Waals surface area contributed by atoms with E-state index < -0.39 is 11.5 Å². The summed E-state index contributed by atoms with van der Waals surface area (Å²) in [6, 6.07) is 19.9. The lowest BCUT2D eigenvalue weighted by atomic mass is 9.98. The predicted molar refractivity (Wildman–Crippen MR) is 100 cm³/mol. The molecule has 2 heterocycles. The number of carbonyl (C=O) groups excluding carboxylic acids is 1. The van der Waals surface area contributed by atoms with Gasteiger partial charge in [0.1, 0.15) is 0 Å². The molecule has 0 saturated carbocycles. The molecule has 2 aromatic carbocycles. The van der Waals surface area contributed by atoms with Crippen LogP contribution in [0.3, 0.4) is 0 Å². The van der Waals surface area contributed by atoms with Crippen molar-refractivity contribution in [3.05, 3.63) is 95.3 Å². The van der Waals surface area contributed by atoms with E-state index >= 15 is 0 Å². The molecule has 0 aliphatic rings. The normalized spacial score (nSPS) is 10.6. The van der Waals surface area contributed by atoms with Crippen molar-refractivity contribution in [2.75, 3.05) is 5.32 Å². The number of hydrogen-bond acceptors (Lipinski definition) is 4. The number of carbonyl (C=O) groups is 1. The van der Waals surface area contributed by atoms with E-state index in [1.54, 1.807) is 30.5 Å². The first kappa shape index (κ1) is 15.8. The molecule has 5 heteroatoms. The molecule has 0 aliphatic carbocycles. The lowest BCUT2D eigenvalue weighted by Crippen LogP contribution is -2.17. The number of nitrogens with one attached hydrogen (secondary N) is 1. The van der Waals surface area contributed by atoms with E-state index in [1.165, 1.54) is 6.20 Å². The number of nitrogens with zero attached hydrogens (tertiary/aromatic N) is 1. The number of rotatable bonds is 3. The molecule has 2 aromatic heterocycles. The second-order valence-corrected chi connectivity index (χ2v) is 5.70. The summed E-state index contributed by atoms with van der Waals surface area (Å²) in [6.07, 6.45) is 3.14. The topological polar surface area (TPSA) is 72.2 Å². The molecule has 0 atom stereocenters. The Morgan fingerprint density at radius 3 is 2.35 bits per heavy atom. The molecule has 0 radical (unpaired) electrons. The molecule has 0 spiro atoms. The van der Waals surface area contributed by atoms with Gasteiger partial charge in [-0.15, -0.1) is 0 Å². The van der Waals surface area contributed by atoms with Crippen molar-refractivity contribution >= 4 is 22.4 Å². The second kappa shape index (κ2) is 6.64. The average Bonchev–Trinajstić information content (AvgIpc) is 2.69. The summed E-state index contributed by atoms with van der Waals surface area (Å²) in [5, 5.41) is 3.83. The van der Waals surface area contributed by atoms with Crippen LogP contribution >= 0.6 is 0 Å². The molecular weight excluding hydrogens is 328 g/mol. The Morgan fingerprint density at radius 2 is 1.62 bits per heavy atom. The van der Waals surface area contributed by atoms with Crippen LogP contribution in [0.15, 0.2) is 88.3 Å². The first-order valence-electron chi connectivity index (χ1n) is 8.06. The van der Waals surface area contributed by atoms with Gasteiger partial charge in [-0.05, 0) is 23.8 Å². The quantitative estimate of drug-likeness (QED) is 0.608. The molecule has 0 bridgehead atoms. The van der Waals surface area contributed by atoms with Crippen molar-refractivity contribution in [3.63, 3.8) is 0 Å². The highest BCUT2D eigenvalue weighted by molar-refractivity contribution is 6.11. The second-order valence-electron chi connectivity index (χ2n) is 5.70. The molecular formula is C21H14N2O3. The van der Waals surface area contributed by atoms with Crippen molar-refractivity contribution in [1.82, 2.24) is 4.98 Å². The highest BCUT2D eigenvalue weighted by Crippen LogP contribution is 2.31. The molecule has 1 N–H and O–H groups in total. The van der Waals surface area contributed by atoms with Crippen molar-refractivity contribution in [2.24, 2.45) is 0 Å². The van der Waals surface area contributed by atoms with Gasteiger partial charge in [-0.2, -0.15) is 0 Å². The van der Waals surface area contributed by atoms with Gasteiger partial charge in [-0.1, -0.05) is 48.5 Å². The SMILES string of the molecule is O=C(Nc1cccnc1)c1oc(=O)c2ccccc2c1-c1ccccc1. The monoisotopic (exact) mass is 342 g/mol. The summed E-state index contributed by atoms with van der Waals surface area (Å²) in [5.41, 5.74) is 1.36. The Balaban J connectivity index is 1.94. The summed E-state index contributed by atoms with van der Waals surface area (Å²) in [5.74, 6) is -0.525. The summed E-state index contributed by atoms with van der Waals surface area (Å²) >= 11 is 0. The molecule has 4 aromatic rings. The smallest absolute Gasteiger partial charge is 0.344 e. The number of fused-ring (bicyclic) bond motifs is 1. The van der Waals surface area contributed by atoms with Gasteiger partial charge >= 0.3 is 5.63 Å². The van der Waals surface area contributed by atoms with E-state index in [2.05, 4.69) is 10.3 Å². The first-order valence-corrected chi connectivity index (χ1v) is 8.06. The van der Waals surface area contributed by atoms with Gasteiger partial charge in [0, 0.05) is 17.1 Å². The van der Waals surface area contributed by atoms with Crippen LogP contribution in [0.4, 0.5) is 5.69 Å². The Hall–Kier alpha value is -3.73. The minimum atomic E-state index is -0.545. The van der Waals surface area contributed by atoms with Gasteiger partial charge in [0.15, 0.2) is 0 Å². The van der Waals surface area contributed by atoms with Gasteiger partial charge in [0.2, 0.25) is 5.76 Å². The van der Waals surface area contributed by atoms with Gasteiger partial charge in [0.25, 0.3) is 5.91 Å².